The first-order valence-corrected chi connectivity index (χ1v) is 16.2. The maximum absolute atomic E-state index is 14.5. The molecule has 0 bridgehead atoms. The fraction of sp³-hybridized carbons (Fsp3) is 0.378. The number of carboxylic acid groups (broad SMARTS) is 1. The number of aromatic nitrogens is 3. The monoisotopic (exact) mass is 662 g/mol. The van der Waals surface area contributed by atoms with E-state index in [1.165, 1.54) is 24.3 Å². The summed E-state index contributed by atoms with van der Waals surface area (Å²) in [6.45, 7) is 2.43. The number of piperidine rings is 1. The quantitative estimate of drug-likeness (QED) is 0.190. The Balaban J connectivity index is 1.01. The zero-order valence-corrected chi connectivity index (χ0v) is 26.5. The first kappa shape index (κ1) is 32.1. The lowest BCUT2D eigenvalue weighted by molar-refractivity contribution is -0.140. The van der Waals surface area contributed by atoms with Gasteiger partial charge >= 0.3 is 5.97 Å². The van der Waals surface area contributed by atoms with Crippen LogP contribution in [-0.2, 0) is 24.5 Å². The number of hydrogen-bond acceptors (Lipinski definition) is 8. The summed E-state index contributed by atoms with van der Waals surface area (Å²) in [6, 6.07) is 16.6. The predicted octanol–water partition coefficient (Wildman–Crippen LogP) is 5.70. The summed E-state index contributed by atoms with van der Waals surface area (Å²) in [5, 5.41) is 28.0. The number of ether oxygens (including phenoxy) is 2. The molecule has 2 atom stereocenters. The van der Waals surface area contributed by atoms with E-state index in [1.807, 2.05) is 24.3 Å². The molecule has 7 rings (SSSR count). The number of fused-ring (bicyclic) bond motifs is 1. The minimum Gasteiger partial charge on any atom is -0.484 e. The number of pyridine rings is 1. The average Bonchev–Trinajstić information content (AvgIpc) is 3.75. The van der Waals surface area contributed by atoms with Gasteiger partial charge in [0, 0.05) is 37.5 Å². The fourth-order valence-electron chi connectivity index (χ4n) is 6.50. The smallest absolute Gasteiger partial charge is 0.320 e. The van der Waals surface area contributed by atoms with E-state index < -0.39 is 23.5 Å². The van der Waals surface area contributed by atoms with Gasteiger partial charge in [-0.2, -0.15) is 10.5 Å². The minimum atomic E-state index is -0.919. The molecule has 1 N–H and O–H groups in total. The van der Waals surface area contributed by atoms with E-state index in [0.717, 1.165) is 54.4 Å². The van der Waals surface area contributed by atoms with Crippen LogP contribution < -0.4 is 9.47 Å². The topological polar surface area (TPSA) is 137 Å². The van der Waals surface area contributed by atoms with Gasteiger partial charge in [0.05, 0.1) is 41.2 Å². The van der Waals surface area contributed by atoms with Crippen LogP contribution in [0.5, 0.6) is 11.6 Å². The number of carboxylic acids is 1. The molecule has 248 valence electrons. The summed E-state index contributed by atoms with van der Waals surface area (Å²) in [5.74, 6) is 3.49. The summed E-state index contributed by atoms with van der Waals surface area (Å²) >= 11 is 0. The molecular weight excluding hydrogens is 630 g/mol. The van der Waals surface area contributed by atoms with Crippen molar-refractivity contribution in [1.82, 2.24) is 19.4 Å². The van der Waals surface area contributed by atoms with Crippen LogP contribution in [0.4, 0.5) is 8.78 Å². The number of likely N-dealkylation sites (tertiary alicyclic amines) is 1. The second kappa shape index (κ2) is 13.2. The van der Waals surface area contributed by atoms with E-state index in [0.29, 0.717) is 32.4 Å². The molecule has 49 heavy (non-hydrogen) atoms. The highest BCUT2D eigenvalue weighted by atomic mass is 19.1. The number of hydrogen-bond donors (Lipinski definition) is 1. The van der Waals surface area contributed by atoms with Crippen LogP contribution in [0.1, 0.15) is 60.7 Å². The number of carbonyl (C=O) groups is 1. The molecule has 1 saturated heterocycles. The molecule has 0 amide bonds. The second-order valence-corrected chi connectivity index (χ2v) is 13.0. The molecule has 1 aliphatic heterocycles. The third-order valence-electron chi connectivity index (χ3n) is 9.61. The van der Waals surface area contributed by atoms with Gasteiger partial charge in [-0.25, -0.2) is 18.7 Å². The third-order valence-corrected chi connectivity index (χ3v) is 9.61. The van der Waals surface area contributed by atoms with E-state index in [9.17, 15) is 23.9 Å². The van der Waals surface area contributed by atoms with Crippen LogP contribution in [-0.4, -0.2) is 49.7 Å². The Hall–Kier alpha value is -5.51. The van der Waals surface area contributed by atoms with Crippen molar-refractivity contribution in [3.8, 4) is 35.6 Å². The number of nitrogens with zero attached hydrogens (tertiary/aromatic N) is 6. The summed E-state index contributed by atoms with van der Waals surface area (Å²) in [6.07, 6.45) is 3.71. The normalized spacial score (nSPS) is 19.6. The summed E-state index contributed by atoms with van der Waals surface area (Å²) < 4.78 is 42.5. The minimum absolute atomic E-state index is 0.0200. The van der Waals surface area contributed by atoms with Gasteiger partial charge in [0.15, 0.2) is 11.6 Å². The second-order valence-electron chi connectivity index (χ2n) is 13.0. The van der Waals surface area contributed by atoms with Crippen LogP contribution >= 0.6 is 0 Å². The van der Waals surface area contributed by atoms with E-state index in [1.54, 1.807) is 0 Å². The molecule has 2 aromatic carbocycles. The molecule has 0 radical (unpaired) electrons. The van der Waals surface area contributed by atoms with Crippen LogP contribution in [0.15, 0.2) is 48.5 Å². The van der Waals surface area contributed by atoms with Crippen molar-refractivity contribution >= 4 is 17.0 Å². The van der Waals surface area contributed by atoms with Crippen molar-refractivity contribution in [2.45, 2.75) is 63.8 Å². The fourth-order valence-corrected chi connectivity index (χ4v) is 6.50. The molecule has 0 spiro atoms. The highest BCUT2D eigenvalue weighted by Crippen LogP contribution is 2.50. The molecule has 3 aliphatic rings. The van der Waals surface area contributed by atoms with Gasteiger partial charge in [-0.1, -0.05) is 17.9 Å². The van der Waals surface area contributed by atoms with E-state index in [4.69, 9.17) is 19.7 Å². The summed E-state index contributed by atoms with van der Waals surface area (Å²) in [4.78, 5) is 23.2. The lowest BCUT2D eigenvalue weighted by Gasteiger charge is -2.32. The predicted molar refractivity (Wildman–Crippen MR) is 172 cm³/mol. The lowest BCUT2D eigenvalue weighted by Crippen LogP contribution is -2.38. The van der Waals surface area contributed by atoms with Crippen molar-refractivity contribution in [3.63, 3.8) is 0 Å². The van der Waals surface area contributed by atoms with Gasteiger partial charge in [-0.3, -0.25) is 9.69 Å². The highest BCUT2D eigenvalue weighted by Gasteiger charge is 2.43. The van der Waals surface area contributed by atoms with Crippen molar-refractivity contribution in [1.29, 1.82) is 10.5 Å². The largest absolute Gasteiger partial charge is 0.484 e. The molecule has 3 heterocycles. The van der Waals surface area contributed by atoms with Crippen LogP contribution in [0.25, 0.3) is 11.0 Å². The zero-order chi connectivity index (χ0) is 34.1. The van der Waals surface area contributed by atoms with Crippen LogP contribution in [0.3, 0.4) is 0 Å². The molecule has 2 aromatic heterocycles. The summed E-state index contributed by atoms with van der Waals surface area (Å²) in [5.41, 5.74) is 2.68. The van der Waals surface area contributed by atoms with Crippen molar-refractivity contribution in [2.75, 3.05) is 13.1 Å². The Morgan fingerprint density at radius 3 is 2.53 bits per heavy atom. The van der Waals surface area contributed by atoms with Gasteiger partial charge in [0.2, 0.25) is 5.88 Å². The van der Waals surface area contributed by atoms with Crippen LogP contribution in [0.2, 0.25) is 0 Å². The van der Waals surface area contributed by atoms with Crippen LogP contribution in [0, 0.1) is 57.5 Å². The Morgan fingerprint density at radius 2 is 1.86 bits per heavy atom. The first-order chi connectivity index (χ1) is 23.7. The molecule has 10 nitrogen and oxygen atoms in total. The first-order valence-electron chi connectivity index (χ1n) is 16.2. The molecule has 2 unspecified atom stereocenters. The zero-order valence-electron chi connectivity index (χ0n) is 26.5. The number of imidazole rings is 1. The number of nitriles is 2. The van der Waals surface area contributed by atoms with Gasteiger partial charge in [0.1, 0.15) is 36.0 Å². The van der Waals surface area contributed by atoms with Gasteiger partial charge in [-0.15, -0.1) is 0 Å². The maximum Gasteiger partial charge on any atom is 0.320 e. The molecule has 2 fully saturated rings. The van der Waals surface area contributed by atoms with Gasteiger partial charge in [0.25, 0.3) is 0 Å². The Labute approximate surface area is 281 Å². The molecule has 2 aliphatic carbocycles. The molecule has 12 heteroatoms. The number of rotatable bonds is 12. The number of halogens is 2. The number of aliphatic carboxylic acids is 1. The maximum atomic E-state index is 14.5. The van der Waals surface area contributed by atoms with Crippen molar-refractivity contribution < 1.29 is 28.2 Å². The molecule has 1 saturated carbocycles. The molecular formula is C37H32F2N6O4. The van der Waals surface area contributed by atoms with E-state index in [2.05, 4.69) is 32.4 Å². The highest BCUT2D eigenvalue weighted by molar-refractivity contribution is 5.81. The number of benzene rings is 2. The van der Waals surface area contributed by atoms with Crippen molar-refractivity contribution in [3.05, 3.63) is 82.8 Å². The Morgan fingerprint density at radius 1 is 1.04 bits per heavy atom. The Bertz CT molecular complexity index is 2080. The standard InChI is InChI=1S/C37H32F2N6O4/c38-28-5-8-35(43-31(28)21-48-33-7-1-23(19-41)17-29(33)39)49-25-9-15-44(16-10-25)20-34-42-30-6-2-24(26-3-4-27(26)36(46)47)18-32(30)45(34)22-37(11-12-37)13-14-40/h1-2,5-8,17-18,25-27H,9-13,15-16,20-22H2,(H,46,47). The van der Waals surface area contributed by atoms with E-state index in [-0.39, 0.29) is 46.9 Å². The lowest BCUT2D eigenvalue weighted by atomic mass is 9.80. The van der Waals surface area contributed by atoms with E-state index >= 15 is 0 Å². The average molecular weight is 663 g/mol. The van der Waals surface area contributed by atoms with Gasteiger partial charge < -0.3 is 19.1 Å². The molecule has 4 aromatic rings. The SMILES string of the molecule is N#CCC1(Cn2c(CN3CCC(Oc4ccc(F)c(COc5ccc(C#N)cc5F)n4)CC3)nc3ccc(C4C#CC4C(=O)O)cc32)CC1. The third kappa shape index (κ3) is 6.76. The Kier molecular flexibility index (Phi) is 8.62. The summed E-state index contributed by atoms with van der Waals surface area (Å²) in [7, 11) is 0. The van der Waals surface area contributed by atoms with Crippen molar-refractivity contribution in [2.24, 2.45) is 11.3 Å². The van der Waals surface area contributed by atoms with Gasteiger partial charge in [-0.05, 0) is 67.6 Å².